The quantitative estimate of drug-likeness (QED) is 0.421. The fraction of sp³-hybridized carbons (Fsp3) is 0.350. The summed E-state index contributed by atoms with van der Waals surface area (Å²) in [4.78, 5) is 13.2. The summed E-state index contributed by atoms with van der Waals surface area (Å²) in [5.41, 5.74) is -4.99. The third-order valence-corrected chi connectivity index (χ3v) is 5.14. The second-order valence-electron chi connectivity index (χ2n) is 7.42. The van der Waals surface area contributed by atoms with Gasteiger partial charge in [0.25, 0.3) is 0 Å². The van der Waals surface area contributed by atoms with Crippen LogP contribution in [-0.2, 0) is 29.8 Å². The minimum atomic E-state index is -5.10. The SMILES string of the molecule is [B]c1ccc(C(F)(F)F)cc1CN1C(=O)O[C@H](c2cc(C(F)(F)F)cc(C(F)(F)F)c2)[C@@H]1C. The van der Waals surface area contributed by atoms with Crippen LogP contribution in [0.2, 0.25) is 0 Å². The Morgan fingerprint density at radius 1 is 0.848 bits per heavy atom. The first-order chi connectivity index (χ1) is 15.0. The van der Waals surface area contributed by atoms with Gasteiger partial charge < -0.3 is 4.74 Å². The number of hydrogen-bond acceptors (Lipinski definition) is 2. The van der Waals surface area contributed by atoms with E-state index in [1.54, 1.807) is 0 Å². The van der Waals surface area contributed by atoms with Crippen molar-refractivity contribution in [2.45, 2.75) is 44.1 Å². The van der Waals surface area contributed by atoms with Crippen LogP contribution in [-0.4, -0.2) is 24.9 Å². The number of rotatable bonds is 3. The highest BCUT2D eigenvalue weighted by atomic mass is 19.4. The average molecular weight is 481 g/mol. The molecule has 1 saturated heterocycles. The van der Waals surface area contributed by atoms with Gasteiger partial charge in [0, 0.05) is 6.54 Å². The number of carbonyl (C=O) groups is 1. The van der Waals surface area contributed by atoms with E-state index in [2.05, 4.69) is 0 Å². The number of nitrogens with zero attached hydrogens (tertiary/aromatic N) is 1. The second-order valence-corrected chi connectivity index (χ2v) is 7.42. The molecule has 2 aromatic carbocycles. The van der Waals surface area contributed by atoms with Gasteiger partial charge in [0.05, 0.1) is 22.7 Å². The topological polar surface area (TPSA) is 29.5 Å². The van der Waals surface area contributed by atoms with Gasteiger partial charge in [-0.05, 0) is 42.3 Å². The molecule has 33 heavy (non-hydrogen) atoms. The Morgan fingerprint density at radius 3 is 1.85 bits per heavy atom. The highest BCUT2D eigenvalue weighted by molar-refractivity contribution is 6.33. The van der Waals surface area contributed by atoms with E-state index in [0.717, 1.165) is 17.0 Å². The summed E-state index contributed by atoms with van der Waals surface area (Å²) in [7, 11) is 5.69. The van der Waals surface area contributed by atoms with Crippen LogP contribution in [0.15, 0.2) is 36.4 Å². The van der Waals surface area contributed by atoms with Crippen LogP contribution in [0, 0.1) is 0 Å². The summed E-state index contributed by atoms with van der Waals surface area (Å²) in [6.45, 7) is 0.782. The molecule has 0 bridgehead atoms. The van der Waals surface area contributed by atoms with Crippen molar-refractivity contribution in [2.24, 2.45) is 0 Å². The van der Waals surface area contributed by atoms with Crippen LogP contribution in [0.1, 0.15) is 40.8 Å². The maximum absolute atomic E-state index is 13.1. The first-order valence-electron chi connectivity index (χ1n) is 9.20. The van der Waals surface area contributed by atoms with Crippen LogP contribution in [0.25, 0.3) is 0 Å². The third-order valence-electron chi connectivity index (χ3n) is 5.14. The molecule has 13 heteroatoms. The molecule has 0 unspecified atom stereocenters. The molecule has 0 N–H and O–H groups in total. The number of ether oxygens (including phenoxy) is 1. The first-order valence-corrected chi connectivity index (χ1v) is 9.20. The summed E-state index contributed by atoms with van der Waals surface area (Å²) in [5, 5.41) is 0. The maximum atomic E-state index is 13.1. The molecule has 176 valence electrons. The number of cyclic esters (lactones) is 1. The Balaban J connectivity index is 1.96. The maximum Gasteiger partial charge on any atom is 0.416 e. The first kappa shape index (κ1) is 24.8. The van der Waals surface area contributed by atoms with Crippen molar-refractivity contribution in [3.63, 3.8) is 0 Å². The zero-order valence-corrected chi connectivity index (χ0v) is 16.6. The average Bonchev–Trinajstić information content (AvgIpc) is 2.95. The standard InChI is InChI=1S/C20H13BF9NO2/c1-9-16(10-4-13(19(25,26)27)7-14(5-10)20(28,29)30)33-17(32)31(9)8-11-6-12(18(22,23)24)2-3-15(11)21/h2-7,9,16H,8H2,1H3/t9-,16-/m0/s1. The predicted octanol–water partition coefficient (Wildman–Crippen LogP) is 5.62. The molecular weight excluding hydrogens is 468 g/mol. The molecule has 1 amide bonds. The summed E-state index contributed by atoms with van der Waals surface area (Å²) in [5.74, 6) is 0. The van der Waals surface area contributed by atoms with E-state index >= 15 is 0 Å². The van der Waals surface area contributed by atoms with Crippen LogP contribution < -0.4 is 5.46 Å². The molecule has 0 aliphatic carbocycles. The van der Waals surface area contributed by atoms with E-state index < -0.39 is 65.6 Å². The summed E-state index contributed by atoms with van der Waals surface area (Å²) in [6.07, 6.45) is -17.6. The highest BCUT2D eigenvalue weighted by Crippen LogP contribution is 2.41. The monoisotopic (exact) mass is 481 g/mol. The molecule has 2 aromatic rings. The molecule has 1 heterocycles. The lowest BCUT2D eigenvalue weighted by Gasteiger charge is -2.23. The Kier molecular flexibility index (Phi) is 6.14. The van der Waals surface area contributed by atoms with E-state index in [-0.39, 0.29) is 17.1 Å². The lowest BCUT2D eigenvalue weighted by molar-refractivity contribution is -0.143. The van der Waals surface area contributed by atoms with Crippen molar-refractivity contribution in [3.05, 3.63) is 64.2 Å². The van der Waals surface area contributed by atoms with Crippen molar-refractivity contribution in [2.75, 3.05) is 0 Å². The summed E-state index contributed by atoms with van der Waals surface area (Å²) >= 11 is 0. The fourth-order valence-corrected chi connectivity index (χ4v) is 3.41. The number of halogens is 9. The van der Waals surface area contributed by atoms with Gasteiger partial charge in [-0.3, -0.25) is 4.90 Å². The molecule has 0 saturated carbocycles. The van der Waals surface area contributed by atoms with Crippen molar-refractivity contribution in [1.82, 2.24) is 4.90 Å². The number of amides is 1. The van der Waals surface area contributed by atoms with Crippen molar-refractivity contribution < 1.29 is 49.0 Å². The van der Waals surface area contributed by atoms with Gasteiger partial charge in [-0.15, -0.1) is 0 Å². The lowest BCUT2D eigenvalue weighted by atomic mass is 9.88. The Bertz CT molecular complexity index is 1030. The van der Waals surface area contributed by atoms with Gasteiger partial charge in [0.15, 0.2) is 0 Å². The van der Waals surface area contributed by atoms with Gasteiger partial charge in [-0.25, -0.2) is 4.79 Å². The van der Waals surface area contributed by atoms with Crippen molar-refractivity contribution >= 4 is 19.4 Å². The molecular formula is C20H13BF9NO2. The van der Waals surface area contributed by atoms with Gasteiger partial charge in [0.2, 0.25) is 0 Å². The van der Waals surface area contributed by atoms with Crippen LogP contribution in [0.3, 0.4) is 0 Å². The number of alkyl halides is 9. The third kappa shape index (κ3) is 5.22. The minimum Gasteiger partial charge on any atom is -0.439 e. The number of benzene rings is 2. The Morgan fingerprint density at radius 2 is 1.36 bits per heavy atom. The smallest absolute Gasteiger partial charge is 0.416 e. The number of carbonyl (C=O) groups excluding carboxylic acids is 1. The van der Waals surface area contributed by atoms with Crippen LogP contribution >= 0.6 is 0 Å². The fourth-order valence-electron chi connectivity index (χ4n) is 3.41. The molecule has 1 aliphatic heterocycles. The van der Waals surface area contributed by atoms with Crippen LogP contribution in [0.5, 0.6) is 0 Å². The van der Waals surface area contributed by atoms with E-state index in [0.29, 0.717) is 18.2 Å². The highest BCUT2D eigenvalue weighted by Gasteiger charge is 2.43. The van der Waals surface area contributed by atoms with Gasteiger partial charge in [0.1, 0.15) is 14.0 Å². The van der Waals surface area contributed by atoms with Gasteiger partial charge >= 0.3 is 24.6 Å². The molecule has 2 radical (unpaired) electrons. The van der Waals surface area contributed by atoms with Crippen LogP contribution in [0.4, 0.5) is 44.3 Å². The molecule has 3 nitrogen and oxygen atoms in total. The predicted molar refractivity (Wildman–Crippen MR) is 97.5 cm³/mol. The molecule has 1 aliphatic rings. The summed E-state index contributed by atoms with van der Waals surface area (Å²) in [6, 6.07) is 2.10. The van der Waals surface area contributed by atoms with E-state index in [4.69, 9.17) is 12.6 Å². The Hall–Kier alpha value is -2.86. The van der Waals surface area contributed by atoms with Crippen molar-refractivity contribution in [1.29, 1.82) is 0 Å². The molecule has 2 atom stereocenters. The molecule has 3 rings (SSSR count). The van der Waals surface area contributed by atoms with E-state index in [1.165, 1.54) is 6.92 Å². The molecule has 0 spiro atoms. The van der Waals surface area contributed by atoms with Gasteiger partial charge in [-0.1, -0.05) is 17.6 Å². The molecule has 1 fully saturated rings. The van der Waals surface area contributed by atoms with Crippen molar-refractivity contribution in [3.8, 4) is 0 Å². The van der Waals surface area contributed by atoms with E-state index in [9.17, 15) is 44.3 Å². The molecule has 0 aromatic heterocycles. The van der Waals surface area contributed by atoms with Gasteiger partial charge in [-0.2, -0.15) is 39.5 Å². The van der Waals surface area contributed by atoms with E-state index in [1.807, 2.05) is 0 Å². The largest absolute Gasteiger partial charge is 0.439 e. The summed E-state index contributed by atoms with van der Waals surface area (Å²) < 4.78 is 123. The zero-order valence-electron chi connectivity index (χ0n) is 16.6. The number of hydrogen-bond donors (Lipinski definition) is 0. The lowest BCUT2D eigenvalue weighted by Crippen LogP contribution is -2.33. The Labute approximate surface area is 182 Å². The minimum absolute atomic E-state index is 0.0635. The zero-order chi connectivity index (χ0) is 24.9. The normalized spacial score (nSPS) is 19.7. The second kappa shape index (κ2) is 8.17.